The molecule has 1 atom stereocenters. The van der Waals surface area contributed by atoms with Crippen molar-refractivity contribution in [3.63, 3.8) is 0 Å². The summed E-state index contributed by atoms with van der Waals surface area (Å²) >= 11 is 0. The predicted octanol–water partition coefficient (Wildman–Crippen LogP) is 4.19. The third-order valence-corrected chi connectivity index (χ3v) is 6.15. The van der Waals surface area contributed by atoms with E-state index >= 15 is 0 Å². The fraction of sp³-hybridized carbons (Fsp3) is 0.370. The summed E-state index contributed by atoms with van der Waals surface area (Å²) in [4.78, 5) is 27.5. The monoisotopic (exact) mass is 477 g/mol. The summed E-state index contributed by atoms with van der Waals surface area (Å²) in [6.07, 6.45) is 3.48. The van der Waals surface area contributed by atoms with Crippen molar-refractivity contribution in [1.29, 1.82) is 0 Å². The van der Waals surface area contributed by atoms with Crippen LogP contribution in [0, 0.1) is 6.92 Å². The van der Waals surface area contributed by atoms with Crippen LogP contribution in [0.25, 0.3) is 5.69 Å². The standard InChI is InChI=1S/C27H31N3O5/c1-4-34-27(32)24-16-28-30(19(24)2)22-13-11-20(12-14-22)26(31)29(18-23-9-7-15-35-23)17-21-8-5-6-10-25(21)33-3/h5-6,8,10-14,16,23H,4,7,9,15,17-18H2,1-3H3. The lowest BCUT2D eigenvalue weighted by Gasteiger charge is -2.26. The van der Waals surface area contributed by atoms with Crippen LogP contribution in [0.1, 0.15) is 51.7 Å². The van der Waals surface area contributed by atoms with Gasteiger partial charge in [0.05, 0.1) is 37.4 Å². The smallest absolute Gasteiger partial charge is 0.341 e. The SMILES string of the molecule is CCOC(=O)c1cnn(-c2ccc(C(=O)N(Cc3ccccc3OC)CC3CCCO3)cc2)c1C. The van der Waals surface area contributed by atoms with Gasteiger partial charge in [-0.15, -0.1) is 0 Å². The van der Waals surface area contributed by atoms with Crippen LogP contribution in [-0.4, -0.2) is 59.5 Å². The minimum atomic E-state index is -0.399. The van der Waals surface area contributed by atoms with Gasteiger partial charge >= 0.3 is 5.97 Å². The van der Waals surface area contributed by atoms with E-state index in [2.05, 4.69) is 5.10 Å². The lowest BCUT2D eigenvalue weighted by Crippen LogP contribution is -2.37. The van der Waals surface area contributed by atoms with Gasteiger partial charge in [-0.25, -0.2) is 9.48 Å². The Bertz CT molecular complexity index is 1170. The maximum atomic E-state index is 13.6. The minimum absolute atomic E-state index is 0.0287. The van der Waals surface area contributed by atoms with E-state index in [1.54, 1.807) is 30.8 Å². The van der Waals surface area contributed by atoms with Gasteiger partial charge in [-0.1, -0.05) is 18.2 Å². The second kappa shape index (κ2) is 11.2. The molecule has 184 valence electrons. The molecule has 1 saturated heterocycles. The van der Waals surface area contributed by atoms with Gasteiger partial charge in [-0.3, -0.25) is 4.79 Å². The first-order valence-corrected chi connectivity index (χ1v) is 11.9. The molecule has 0 saturated carbocycles. The molecule has 0 N–H and O–H groups in total. The molecule has 0 spiro atoms. The molecule has 0 radical (unpaired) electrons. The number of ether oxygens (including phenoxy) is 3. The first kappa shape index (κ1) is 24.5. The number of benzene rings is 2. The molecule has 1 amide bonds. The summed E-state index contributed by atoms with van der Waals surface area (Å²) in [5, 5.41) is 4.33. The number of hydrogen-bond acceptors (Lipinski definition) is 6. The molecule has 4 rings (SSSR count). The normalized spacial score (nSPS) is 15.1. The fourth-order valence-electron chi connectivity index (χ4n) is 4.30. The Labute approximate surface area is 205 Å². The van der Waals surface area contributed by atoms with Crippen LogP contribution in [0.5, 0.6) is 5.75 Å². The van der Waals surface area contributed by atoms with Gasteiger partial charge in [0.15, 0.2) is 0 Å². The fourth-order valence-corrected chi connectivity index (χ4v) is 4.30. The Morgan fingerprint density at radius 1 is 1.17 bits per heavy atom. The lowest BCUT2D eigenvalue weighted by molar-refractivity contribution is 0.0505. The third-order valence-electron chi connectivity index (χ3n) is 6.15. The molecule has 1 fully saturated rings. The van der Waals surface area contributed by atoms with E-state index in [1.165, 1.54) is 6.20 Å². The summed E-state index contributed by atoms with van der Waals surface area (Å²) in [6, 6.07) is 15.0. The van der Waals surface area contributed by atoms with Crippen LogP contribution >= 0.6 is 0 Å². The molecule has 8 nitrogen and oxygen atoms in total. The Morgan fingerprint density at radius 2 is 1.94 bits per heavy atom. The molecule has 2 heterocycles. The summed E-state index contributed by atoms with van der Waals surface area (Å²) in [7, 11) is 1.63. The molecule has 3 aromatic rings. The van der Waals surface area contributed by atoms with Gasteiger partial charge in [0.25, 0.3) is 5.91 Å². The number of carbonyl (C=O) groups is 2. The van der Waals surface area contributed by atoms with Crippen molar-refractivity contribution in [2.75, 3.05) is 26.9 Å². The number of hydrogen-bond donors (Lipinski definition) is 0. The minimum Gasteiger partial charge on any atom is -0.496 e. The highest BCUT2D eigenvalue weighted by atomic mass is 16.5. The van der Waals surface area contributed by atoms with Gasteiger partial charge in [-0.05, 0) is 57.0 Å². The van der Waals surface area contributed by atoms with Gasteiger partial charge < -0.3 is 19.1 Å². The zero-order valence-corrected chi connectivity index (χ0v) is 20.4. The Kier molecular flexibility index (Phi) is 7.82. The highest BCUT2D eigenvalue weighted by Gasteiger charge is 2.25. The van der Waals surface area contributed by atoms with Crippen LogP contribution in [0.15, 0.2) is 54.7 Å². The van der Waals surface area contributed by atoms with Gasteiger partial charge in [0.2, 0.25) is 0 Å². The largest absolute Gasteiger partial charge is 0.496 e. The zero-order chi connectivity index (χ0) is 24.8. The molecule has 0 aliphatic carbocycles. The van der Waals surface area contributed by atoms with E-state index in [0.29, 0.717) is 36.5 Å². The van der Waals surface area contributed by atoms with E-state index in [0.717, 1.165) is 36.4 Å². The Balaban J connectivity index is 1.56. The maximum Gasteiger partial charge on any atom is 0.341 e. The van der Waals surface area contributed by atoms with Crippen LogP contribution in [0.4, 0.5) is 0 Å². The summed E-state index contributed by atoms with van der Waals surface area (Å²) < 4.78 is 18.1. The van der Waals surface area contributed by atoms with Gasteiger partial charge in [-0.2, -0.15) is 5.10 Å². The number of nitrogens with zero attached hydrogens (tertiary/aromatic N) is 3. The molecule has 1 unspecified atom stereocenters. The van der Waals surface area contributed by atoms with Gasteiger partial charge in [0.1, 0.15) is 11.3 Å². The number of aromatic nitrogens is 2. The molecule has 0 bridgehead atoms. The van der Waals surface area contributed by atoms with E-state index in [1.807, 2.05) is 48.2 Å². The second-order valence-corrected chi connectivity index (χ2v) is 8.46. The molecule has 8 heteroatoms. The van der Waals surface area contributed by atoms with Crippen molar-refractivity contribution in [2.45, 2.75) is 39.3 Å². The number of para-hydroxylation sites is 1. The molecule has 2 aromatic carbocycles. The van der Waals surface area contributed by atoms with E-state index < -0.39 is 5.97 Å². The highest BCUT2D eigenvalue weighted by molar-refractivity contribution is 5.94. The topological polar surface area (TPSA) is 82.9 Å². The number of rotatable bonds is 9. The van der Waals surface area contributed by atoms with E-state index in [9.17, 15) is 9.59 Å². The van der Waals surface area contributed by atoms with Crippen molar-refractivity contribution >= 4 is 11.9 Å². The maximum absolute atomic E-state index is 13.6. The predicted molar refractivity (Wildman–Crippen MR) is 131 cm³/mol. The van der Waals surface area contributed by atoms with Crippen molar-refractivity contribution in [3.05, 3.63) is 77.1 Å². The summed E-state index contributed by atoms with van der Waals surface area (Å²) in [5.74, 6) is 0.270. The highest BCUT2D eigenvalue weighted by Crippen LogP contribution is 2.23. The zero-order valence-electron chi connectivity index (χ0n) is 20.4. The van der Waals surface area contributed by atoms with Crippen LogP contribution in [0.3, 0.4) is 0 Å². The molecule has 1 aliphatic heterocycles. The van der Waals surface area contributed by atoms with Crippen LogP contribution in [-0.2, 0) is 16.0 Å². The molecule has 1 aliphatic rings. The van der Waals surface area contributed by atoms with Crippen molar-refractivity contribution in [2.24, 2.45) is 0 Å². The van der Waals surface area contributed by atoms with Crippen molar-refractivity contribution in [1.82, 2.24) is 14.7 Å². The van der Waals surface area contributed by atoms with Crippen molar-refractivity contribution < 1.29 is 23.8 Å². The van der Waals surface area contributed by atoms with Crippen molar-refractivity contribution in [3.8, 4) is 11.4 Å². The Morgan fingerprint density at radius 3 is 2.63 bits per heavy atom. The number of esters is 1. The van der Waals surface area contributed by atoms with E-state index in [-0.39, 0.29) is 12.0 Å². The third kappa shape index (κ3) is 5.54. The summed E-state index contributed by atoms with van der Waals surface area (Å²) in [6.45, 7) is 5.55. The number of carbonyl (C=O) groups excluding carboxylic acids is 2. The first-order valence-electron chi connectivity index (χ1n) is 11.9. The average Bonchev–Trinajstić information content (AvgIpc) is 3.53. The molecular weight excluding hydrogens is 446 g/mol. The number of methoxy groups -OCH3 is 1. The first-order chi connectivity index (χ1) is 17.0. The summed E-state index contributed by atoms with van der Waals surface area (Å²) in [5.41, 5.74) is 3.36. The second-order valence-electron chi connectivity index (χ2n) is 8.46. The molecule has 1 aromatic heterocycles. The number of amides is 1. The quantitative estimate of drug-likeness (QED) is 0.430. The lowest BCUT2D eigenvalue weighted by atomic mass is 10.1. The Hall–Kier alpha value is -3.65. The van der Waals surface area contributed by atoms with E-state index in [4.69, 9.17) is 14.2 Å². The van der Waals surface area contributed by atoms with Gasteiger partial charge in [0, 0.05) is 30.8 Å². The molecular formula is C27H31N3O5. The average molecular weight is 478 g/mol. The van der Waals surface area contributed by atoms with Crippen LogP contribution < -0.4 is 4.74 Å². The van der Waals surface area contributed by atoms with Crippen LogP contribution in [0.2, 0.25) is 0 Å². The molecule has 35 heavy (non-hydrogen) atoms.